The quantitative estimate of drug-likeness (QED) is 0.373. The van der Waals surface area contributed by atoms with Gasteiger partial charge in [-0.1, -0.05) is 42.8 Å². The molecule has 0 saturated heterocycles. The number of hydrogen-bond donors (Lipinski definition) is 0. The molecule has 0 N–H and O–H groups in total. The van der Waals surface area contributed by atoms with Crippen LogP contribution in [0.1, 0.15) is 50.4 Å². The SMILES string of the molecule is CC(C)(C)[Si](C)(C)OCCCCc1cn(Cc2ccc(C#N)cc2Br)cn1. The maximum atomic E-state index is 8.96. The van der Waals surface area contributed by atoms with Gasteiger partial charge in [0.15, 0.2) is 8.32 Å². The smallest absolute Gasteiger partial charge is 0.191 e. The van der Waals surface area contributed by atoms with Crippen molar-refractivity contribution in [3.63, 3.8) is 0 Å². The average Bonchev–Trinajstić information content (AvgIpc) is 3.02. The van der Waals surface area contributed by atoms with Crippen LogP contribution >= 0.6 is 15.9 Å². The van der Waals surface area contributed by atoms with E-state index < -0.39 is 8.32 Å². The van der Waals surface area contributed by atoms with Crippen LogP contribution in [0.25, 0.3) is 0 Å². The maximum absolute atomic E-state index is 8.96. The van der Waals surface area contributed by atoms with E-state index in [4.69, 9.17) is 9.69 Å². The standard InChI is InChI=1S/C21H30BrN3OSi/c1-21(2,3)27(4,5)26-11-7-6-8-19-15-25(16-24-19)14-18-10-9-17(13-23)12-20(18)22/h9-10,12,15-16H,6-8,11,14H2,1-5H3. The molecule has 0 bridgehead atoms. The number of aromatic nitrogens is 2. The second-order valence-corrected chi connectivity index (χ2v) is 14.2. The summed E-state index contributed by atoms with van der Waals surface area (Å²) in [6.07, 6.45) is 7.13. The van der Waals surface area contributed by atoms with Crippen molar-refractivity contribution in [2.24, 2.45) is 0 Å². The highest BCUT2D eigenvalue weighted by atomic mass is 79.9. The molecule has 0 unspecified atom stereocenters. The largest absolute Gasteiger partial charge is 0.417 e. The summed E-state index contributed by atoms with van der Waals surface area (Å²) < 4.78 is 9.28. The van der Waals surface area contributed by atoms with Gasteiger partial charge in [-0.25, -0.2) is 4.98 Å². The summed E-state index contributed by atoms with van der Waals surface area (Å²) in [5.41, 5.74) is 2.92. The van der Waals surface area contributed by atoms with Crippen molar-refractivity contribution in [1.29, 1.82) is 5.26 Å². The van der Waals surface area contributed by atoms with Crippen molar-refractivity contribution in [2.45, 2.75) is 64.7 Å². The summed E-state index contributed by atoms with van der Waals surface area (Å²) >= 11 is 3.55. The first-order valence-electron chi connectivity index (χ1n) is 9.45. The molecule has 1 aromatic heterocycles. The fourth-order valence-electron chi connectivity index (χ4n) is 2.52. The van der Waals surface area contributed by atoms with E-state index >= 15 is 0 Å². The molecule has 0 fully saturated rings. The molecule has 0 aliphatic heterocycles. The zero-order chi connectivity index (χ0) is 20.1. The van der Waals surface area contributed by atoms with Crippen molar-refractivity contribution < 1.29 is 4.43 Å². The third-order valence-electron chi connectivity index (χ3n) is 5.32. The van der Waals surface area contributed by atoms with Gasteiger partial charge < -0.3 is 8.99 Å². The summed E-state index contributed by atoms with van der Waals surface area (Å²) in [7, 11) is -1.63. The topological polar surface area (TPSA) is 50.8 Å². The Balaban J connectivity index is 1.79. The summed E-state index contributed by atoms with van der Waals surface area (Å²) in [6, 6.07) is 7.85. The van der Waals surface area contributed by atoms with Gasteiger partial charge in [0.1, 0.15) is 0 Å². The first kappa shape index (κ1) is 21.9. The lowest BCUT2D eigenvalue weighted by Gasteiger charge is -2.36. The highest BCUT2D eigenvalue weighted by Gasteiger charge is 2.36. The van der Waals surface area contributed by atoms with Crippen LogP contribution in [0.5, 0.6) is 0 Å². The Morgan fingerprint density at radius 1 is 1.26 bits per heavy atom. The Hall–Kier alpha value is -1.42. The zero-order valence-electron chi connectivity index (χ0n) is 17.1. The predicted molar refractivity (Wildman–Crippen MR) is 116 cm³/mol. The van der Waals surface area contributed by atoms with E-state index in [1.54, 1.807) is 0 Å². The highest BCUT2D eigenvalue weighted by molar-refractivity contribution is 9.10. The number of nitrogens with zero attached hydrogens (tertiary/aromatic N) is 3. The predicted octanol–water partition coefficient (Wildman–Crippen LogP) is 5.91. The van der Waals surface area contributed by atoms with Gasteiger partial charge in [-0.15, -0.1) is 0 Å². The van der Waals surface area contributed by atoms with Gasteiger partial charge in [0.2, 0.25) is 0 Å². The summed E-state index contributed by atoms with van der Waals surface area (Å²) in [6.45, 7) is 13.0. The Morgan fingerprint density at radius 3 is 2.63 bits per heavy atom. The van der Waals surface area contributed by atoms with Gasteiger partial charge in [0, 0.05) is 23.8 Å². The molecule has 2 aromatic rings. The van der Waals surface area contributed by atoms with Gasteiger partial charge in [0.05, 0.1) is 23.7 Å². The number of hydrogen-bond acceptors (Lipinski definition) is 3. The molecule has 0 aliphatic carbocycles. The fraction of sp³-hybridized carbons (Fsp3) is 0.524. The molecule has 6 heteroatoms. The number of imidazole rings is 1. The Kier molecular flexibility index (Phi) is 7.44. The maximum Gasteiger partial charge on any atom is 0.191 e. The summed E-state index contributed by atoms with van der Waals surface area (Å²) in [5, 5.41) is 9.23. The normalized spacial score (nSPS) is 12.2. The second-order valence-electron chi connectivity index (χ2n) is 8.52. The Morgan fingerprint density at radius 2 is 2.00 bits per heavy atom. The van der Waals surface area contributed by atoms with Crippen LogP contribution in [0.3, 0.4) is 0 Å². The van der Waals surface area contributed by atoms with Crippen molar-refractivity contribution in [2.75, 3.05) is 6.61 Å². The van der Waals surface area contributed by atoms with Gasteiger partial charge in [0.25, 0.3) is 0 Å². The number of aryl methyl sites for hydroxylation is 1. The van der Waals surface area contributed by atoms with E-state index in [2.05, 4.69) is 71.6 Å². The number of halogens is 1. The molecule has 146 valence electrons. The van der Waals surface area contributed by atoms with E-state index in [1.807, 2.05) is 24.5 Å². The molecule has 1 heterocycles. The number of nitriles is 1. The van der Waals surface area contributed by atoms with Gasteiger partial charge >= 0.3 is 0 Å². The van der Waals surface area contributed by atoms with Crippen LogP contribution in [-0.2, 0) is 17.4 Å². The van der Waals surface area contributed by atoms with Crippen LogP contribution in [0.4, 0.5) is 0 Å². The van der Waals surface area contributed by atoms with Crippen LogP contribution < -0.4 is 0 Å². The lowest BCUT2D eigenvalue weighted by molar-refractivity contribution is 0.279. The van der Waals surface area contributed by atoms with Crippen LogP contribution in [0.2, 0.25) is 18.1 Å². The minimum absolute atomic E-state index is 0.269. The zero-order valence-corrected chi connectivity index (χ0v) is 19.6. The minimum atomic E-state index is -1.63. The van der Waals surface area contributed by atoms with Crippen molar-refractivity contribution in [3.05, 3.63) is 52.0 Å². The molecule has 0 aliphatic rings. The summed E-state index contributed by atoms with van der Waals surface area (Å²) in [4.78, 5) is 4.52. The molecular formula is C21H30BrN3OSi. The number of benzene rings is 1. The van der Waals surface area contributed by atoms with Crippen molar-refractivity contribution in [1.82, 2.24) is 9.55 Å². The highest BCUT2D eigenvalue weighted by Crippen LogP contribution is 2.36. The van der Waals surface area contributed by atoms with E-state index in [9.17, 15) is 0 Å². The monoisotopic (exact) mass is 447 g/mol. The van der Waals surface area contributed by atoms with E-state index in [1.165, 1.54) is 0 Å². The fourth-order valence-corrected chi connectivity index (χ4v) is 4.11. The minimum Gasteiger partial charge on any atom is -0.417 e. The molecule has 0 atom stereocenters. The lowest BCUT2D eigenvalue weighted by Crippen LogP contribution is -2.40. The first-order valence-corrected chi connectivity index (χ1v) is 13.2. The van der Waals surface area contributed by atoms with Crippen molar-refractivity contribution in [3.8, 4) is 6.07 Å². The molecule has 27 heavy (non-hydrogen) atoms. The van der Waals surface area contributed by atoms with Crippen molar-refractivity contribution >= 4 is 24.2 Å². The average molecular weight is 448 g/mol. The van der Waals surface area contributed by atoms with E-state index in [-0.39, 0.29) is 5.04 Å². The van der Waals surface area contributed by atoms with E-state index in [0.29, 0.717) is 5.56 Å². The van der Waals surface area contributed by atoms with Crippen LogP contribution in [0.15, 0.2) is 35.2 Å². The Bertz CT molecular complexity index is 802. The third kappa shape index (κ3) is 6.30. The van der Waals surface area contributed by atoms with Crippen LogP contribution in [0, 0.1) is 11.3 Å². The molecule has 0 amide bonds. The third-order valence-corrected chi connectivity index (χ3v) is 10.6. The first-order chi connectivity index (χ1) is 12.6. The molecule has 0 spiro atoms. The van der Waals surface area contributed by atoms with Gasteiger partial charge in [-0.05, 0) is 55.1 Å². The molecule has 2 rings (SSSR count). The molecule has 1 aromatic carbocycles. The molecule has 0 radical (unpaired) electrons. The molecule has 0 saturated carbocycles. The summed E-state index contributed by atoms with van der Waals surface area (Å²) in [5.74, 6) is 0. The lowest BCUT2D eigenvalue weighted by atomic mass is 10.1. The molecular weight excluding hydrogens is 418 g/mol. The number of unbranched alkanes of at least 4 members (excludes halogenated alkanes) is 1. The van der Waals surface area contributed by atoms with E-state index in [0.717, 1.165) is 48.1 Å². The van der Waals surface area contributed by atoms with Gasteiger partial charge in [-0.3, -0.25) is 0 Å². The number of rotatable bonds is 8. The molecule has 4 nitrogen and oxygen atoms in total. The van der Waals surface area contributed by atoms with Crippen LogP contribution in [-0.4, -0.2) is 24.5 Å². The Labute approximate surface area is 172 Å². The van der Waals surface area contributed by atoms with Gasteiger partial charge in [-0.2, -0.15) is 5.26 Å². The second kappa shape index (κ2) is 9.18.